The molecule has 1 aliphatic heterocycles. The number of nitrogens with one attached hydrogen (secondary N) is 1. The quantitative estimate of drug-likeness (QED) is 0.748. The molecule has 1 saturated heterocycles. The first-order chi connectivity index (χ1) is 7.78. The van der Waals surface area contributed by atoms with Crippen molar-refractivity contribution in [2.24, 2.45) is 0 Å². The number of hydrogen-bond acceptors (Lipinski definition) is 3. The molecule has 96 valence electrons. The Hall–Kier alpha value is -1.08. The number of ether oxygens (including phenoxy) is 2. The summed E-state index contributed by atoms with van der Waals surface area (Å²) in [4.78, 5) is 10.9. The van der Waals surface area contributed by atoms with Gasteiger partial charge >= 0.3 is 12.1 Å². The van der Waals surface area contributed by atoms with Crippen molar-refractivity contribution in [3.63, 3.8) is 0 Å². The minimum absolute atomic E-state index is 0.172. The summed E-state index contributed by atoms with van der Waals surface area (Å²) in [7, 11) is 1.41. The van der Waals surface area contributed by atoms with E-state index in [1.165, 1.54) is 7.11 Å². The molecule has 0 bridgehead atoms. The summed E-state index contributed by atoms with van der Waals surface area (Å²) < 4.78 is 46.8. The number of halogens is 3. The van der Waals surface area contributed by atoms with Gasteiger partial charge in [0.25, 0.3) is 0 Å². The molecule has 2 rings (SSSR count). The van der Waals surface area contributed by atoms with Gasteiger partial charge in [-0.05, 0) is 12.5 Å². The van der Waals surface area contributed by atoms with Crippen LogP contribution >= 0.6 is 0 Å². The zero-order chi connectivity index (χ0) is 12.8. The molecule has 0 radical (unpaired) electrons. The SMILES string of the molecule is COC1CC2(NC(=O)C(F)(F)F)C=C2C(C)O1. The number of amides is 1. The molecule has 1 fully saturated rings. The number of carbonyl (C=O) groups is 1. The monoisotopic (exact) mass is 251 g/mol. The fourth-order valence-corrected chi connectivity index (χ4v) is 2.07. The van der Waals surface area contributed by atoms with Crippen molar-refractivity contribution in [1.29, 1.82) is 0 Å². The average Bonchev–Trinajstić information content (AvgIpc) is 2.91. The highest BCUT2D eigenvalue weighted by Crippen LogP contribution is 2.47. The number of fused-ring (bicyclic) bond motifs is 1. The lowest BCUT2D eigenvalue weighted by Gasteiger charge is -2.33. The van der Waals surface area contributed by atoms with Crippen LogP contribution in [0.1, 0.15) is 13.3 Å². The van der Waals surface area contributed by atoms with Gasteiger partial charge < -0.3 is 14.8 Å². The molecule has 3 atom stereocenters. The molecule has 0 aromatic heterocycles. The topological polar surface area (TPSA) is 47.6 Å². The molecular weight excluding hydrogens is 239 g/mol. The first-order valence-corrected chi connectivity index (χ1v) is 5.09. The Labute approximate surface area is 95.8 Å². The van der Waals surface area contributed by atoms with Gasteiger partial charge in [0.2, 0.25) is 0 Å². The summed E-state index contributed by atoms with van der Waals surface area (Å²) in [6.07, 6.45) is -4.07. The fraction of sp³-hybridized carbons (Fsp3) is 0.700. The highest BCUT2D eigenvalue weighted by Gasteiger charge is 2.56. The van der Waals surface area contributed by atoms with Gasteiger partial charge in [-0.15, -0.1) is 0 Å². The summed E-state index contributed by atoms with van der Waals surface area (Å²) in [6.45, 7) is 1.71. The Morgan fingerprint density at radius 3 is 2.82 bits per heavy atom. The van der Waals surface area contributed by atoms with Crippen molar-refractivity contribution in [1.82, 2.24) is 5.32 Å². The normalized spacial score (nSPS) is 35.9. The standard InChI is InChI=1S/C10H12F3NO3/c1-5-6-3-9(6,4-7(16-2)17-5)14-8(15)10(11,12)13/h3,5,7H,4H2,1-2H3,(H,14,15). The van der Waals surface area contributed by atoms with E-state index in [-0.39, 0.29) is 12.5 Å². The molecule has 0 spiro atoms. The predicted molar refractivity (Wildman–Crippen MR) is 51.0 cm³/mol. The lowest BCUT2D eigenvalue weighted by molar-refractivity contribution is -0.180. The molecule has 17 heavy (non-hydrogen) atoms. The van der Waals surface area contributed by atoms with Gasteiger partial charge in [0.15, 0.2) is 6.29 Å². The van der Waals surface area contributed by atoms with Gasteiger partial charge in [0, 0.05) is 13.5 Å². The summed E-state index contributed by atoms with van der Waals surface area (Å²) in [5.41, 5.74) is -0.339. The zero-order valence-electron chi connectivity index (χ0n) is 9.30. The Morgan fingerprint density at radius 1 is 1.65 bits per heavy atom. The smallest absolute Gasteiger partial charge is 0.356 e. The van der Waals surface area contributed by atoms with E-state index in [0.29, 0.717) is 5.57 Å². The van der Waals surface area contributed by atoms with E-state index in [2.05, 4.69) is 0 Å². The molecule has 1 N–H and O–H groups in total. The van der Waals surface area contributed by atoms with Crippen LogP contribution in [0, 0.1) is 0 Å². The summed E-state index contributed by atoms with van der Waals surface area (Å²) >= 11 is 0. The molecule has 2 aliphatic rings. The van der Waals surface area contributed by atoms with Crippen LogP contribution in [-0.2, 0) is 14.3 Å². The number of rotatable bonds is 2. The molecule has 0 aromatic rings. The Morgan fingerprint density at radius 2 is 2.29 bits per heavy atom. The van der Waals surface area contributed by atoms with E-state index >= 15 is 0 Å². The van der Waals surface area contributed by atoms with Crippen LogP contribution in [0.2, 0.25) is 0 Å². The number of methoxy groups -OCH3 is 1. The maximum Gasteiger partial charge on any atom is 0.471 e. The maximum absolute atomic E-state index is 12.2. The van der Waals surface area contributed by atoms with E-state index in [1.54, 1.807) is 13.0 Å². The summed E-state index contributed by atoms with van der Waals surface area (Å²) in [6, 6.07) is 0. The number of carbonyl (C=O) groups excluding carboxylic acids is 1. The van der Waals surface area contributed by atoms with Gasteiger partial charge in [-0.1, -0.05) is 6.08 Å². The molecule has 0 saturated carbocycles. The van der Waals surface area contributed by atoms with Crippen molar-refractivity contribution in [3.8, 4) is 0 Å². The number of hydrogen-bond donors (Lipinski definition) is 1. The minimum Gasteiger partial charge on any atom is -0.356 e. The minimum atomic E-state index is -4.87. The Bertz CT molecular complexity index is 379. The first-order valence-electron chi connectivity index (χ1n) is 5.09. The summed E-state index contributed by atoms with van der Waals surface area (Å²) in [5, 5.41) is 1.99. The third kappa shape index (κ3) is 2.16. The zero-order valence-corrected chi connectivity index (χ0v) is 9.30. The van der Waals surface area contributed by atoms with Gasteiger partial charge in [0.1, 0.15) is 0 Å². The predicted octanol–water partition coefficient (Wildman–Crippen LogP) is 1.12. The van der Waals surface area contributed by atoms with Crippen LogP contribution in [0.4, 0.5) is 13.2 Å². The lowest BCUT2D eigenvalue weighted by Crippen LogP contribution is -2.51. The third-order valence-corrected chi connectivity index (χ3v) is 2.97. The van der Waals surface area contributed by atoms with E-state index in [0.717, 1.165) is 0 Å². The van der Waals surface area contributed by atoms with Gasteiger partial charge in [-0.25, -0.2) is 0 Å². The van der Waals surface area contributed by atoms with Crippen LogP contribution in [0.15, 0.2) is 11.6 Å². The Balaban J connectivity index is 2.05. The van der Waals surface area contributed by atoms with Crippen LogP contribution in [-0.4, -0.2) is 37.1 Å². The van der Waals surface area contributed by atoms with Crippen LogP contribution in [0.5, 0.6) is 0 Å². The molecule has 4 nitrogen and oxygen atoms in total. The van der Waals surface area contributed by atoms with Crippen molar-refractivity contribution in [3.05, 3.63) is 11.6 Å². The summed E-state index contributed by atoms with van der Waals surface area (Å²) in [5.74, 6) is -1.94. The lowest BCUT2D eigenvalue weighted by atomic mass is 10.0. The second-order valence-electron chi connectivity index (χ2n) is 4.17. The van der Waals surface area contributed by atoms with Crippen molar-refractivity contribution in [2.45, 2.75) is 37.5 Å². The van der Waals surface area contributed by atoms with Crippen molar-refractivity contribution >= 4 is 5.91 Å². The Kier molecular flexibility index (Phi) is 2.70. The second-order valence-corrected chi connectivity index (χ2v) is 4.17. The highest BCUT2D eigenvalue weighted by molar-refractivity contribution is 5.84. The van der Waals surface area contributed by atoms with Crippen LogP contribution in [0.3, 0.4) is 0 Å². The largest absolute Gasteiger partial charge is 0.471 e. The second kappa shape index (κ2) is 3.71. The van der Waals surface area contributed by atoms with E-state index in [1.807, 2.05) is 5.32 Å². The molecule has 1 aliphatic carbocycles. The van der Waals surface area contributed by atoms with Gasteiger partial charge in [-0.2, -0.15) is 13.2 Å². The average molecular weight is 251 g/mol. The third-order valence-electron chi connectivity index (χ3n) is 2.97. The maximum atomic E-state index is 12.2. The van der Waals surface area contributed by atoms with Crippen molar-refractivity contribution in [2.75, 3.05) is 7.11 Å². The molecule has 1 heterocycles. The first kappa shape index (κ1) is 12.4. The van der Waals surface area contributed by atoms with Crippen molar-refractivity contribution < 1.29 is 27.4 Å². The molecule has 3 unspecified atom stereocenters. The molecule has 0 aromatic carbocycles. The van der Waals surface area contributed by atoms with E-state index < -0.39 is 23.9 Å². The van der Waals surface area contributed by atoms with E-state index in [4.69, 9.17) is 9.47 Å². The molecule has 7 heteroatoms. The van der Waals surface area contributed by atoms with Crippen LogP contribution in [0.25, 0.3) is 0 Å². The number of alkyl halides is 3. The van der Waals surface area contributed by atoms with Crippen LogP contribution < -0.4 is 5.32 Å². The molecule has 1 amide bonds. The van der Waals surface area contributed by atoms with E-state index in [9.17, 15) is 18.0 Å². The highest BCUT2D eigenvalue weighted by atomic mass is 19.4. The molecular formula is C10H12F3NO3. The van der Waals surface area contributed by atoms with Gasteiger partial charge in [0.05, 0.1) is 11.6 Å². The van der Waals surface area contributed by atoms with Gasteiger partial charge in [-0.3, -0.25) is 4.79 Å². The fourth-order valence-electron chi connectivity index (χ4n) is 2.07.